The largest absolute Gasteiger partial charge is 0.379 e. The summed E-state index contributed by atoms with van der Waals surface area (Å²) in [7, 11) is -4.22. The average Bonchev–Trinajstić information content (AvgIpc) is 2.78. The van der Waals surface area contributed by atoms with Crippen LogP contribution in [0.2, 0.25) is 0 Å². The summed E-state index contributed by atoms with van der Waals surface area (Å²) in [6, 6.07) is 11.3. The van der Waals surface area contributed by atoms with Crippen molar-refractivity contribution < 1.29 is 12.7 Å². The van der Waals surface area contributed by atoms with Gasteiger partial charge >= 0.3 is 16.0 Å². The first-order valence-corrected chi connectivity index (χ1v) is 13.0. The zero-order chi connectivity index (χ0) is 24.9. The molecule has 178 valence electrons. The molecule has 2 aromatic carbocycles. The number of hydrogen-bond acceptors (Lipinski definition) is 4. The van der Waals surface area contributed by atoms with Gasteiger partial charge in [0.05, 0.1) is 5.16 Å². The smallest absolute Gasteiger partial charge is 0.357 e. The summed E-state index contributed by atoms with van der Waals surface area (Å²) in [6.07, 6.45) is 1.01. The molecule has 0 N–H and O–H groups in total. The predicted octanol–water partition coefficient (Wildman–Crippen LogP) is 7.56. The molecule has 0 aliphatic carbocycles. The molecule has 0 saturated heterocycles. The molecule has 0 aliphatic heterocycles. The fraction of sp³-hybridized carbons (Fsp3) is 0.481. The van der Waals surface area contributed by atoms with E-state index in [9.17, 15) is 8.42 Å². The maximum atomic E-state index is 13.4. The molecule has 2 aromatic rings. The SMILES string of the molecule is [C-]#[N+]/C(=N\OS(=O)(=O)c1c(C(C)C)cc(C(C)C)cc1C(C)C)c1ccc(C(C)CC)cc1. The molecule has 1 unspecified atom stereocenters. The molecule has 0 fully saturated rings. The fourth-order valence-corrected chi connectivity index (χ4v) is 5.04. The van der Waals surface area contributed by atoms with Crippen LogP contribution in [0.5, 0.6) is 0 Å². The molecule has 0 saturated carbocycles. The van der Waals surface area contributed by atoms with Crippen LogP contribution in [0.25, 0.3) is 4.85 Å². The summed E-state index contributed by atoms with van der Waals surface area (Å²) in [6.45, 7) is 23.8. The molecule has 33 heavy (non-hydrogen) atoms. The van der Waals surface area contributed by atoms with Crippen molar-refractivity contribution in [2.75, 3.05) is 0 Å². The van der Waals surface area contributed by atoms with Crippen LogP contribution in [-0.4, -0.2) is 14.3 Å². The van der Waals surface area contributed by atoms with Gasteiger partial charge in [0.1, 0.15) is 4.90 Å². The second-order valence-corrected chi connectivity index (χ2v) is 10.9. The van der Waals surface area contributed by atoms with Gasteiger partial charge in [0.2, 0.25) is 0 Å². The highest BCUT2D eigenvalue weighted by molar-refractivity contribution is 7.86. The lowest BCUT2D eigenvalue weighted by atomic mass is 9.89. The molecule has 0 radical (unpaired) electrons. The molecule has 5 nitrogen and oxygen atoms in total. The molecule has 0 bridgehead atoms. The molecule has 0 aromatic heterocycles. The van der Waals surface area contributed by atoms with Crippen LogP contribution >= 0.6 is 0 Å². The van der Waals surface area contributed by atoms with Crippen molar-refractivity contribution in [3.05, 3.63) is 75.6 Å². The Hall–Kier alpha value is -2.65. The van der Waals surface area contributed by atoms with Gasteiger partial charge in [-0.05, 0) is 52.3 Å². The molecular formula is C27H36N2O3S. The van der Waals surface area contributed by atoms with Crippen LogP contribution in [0, 0.1) is 6.57 Å². The van der Waals surface area contributed by atoms with Gasteiger partial charge < -0.3 is 4.85 Å². The van der Waals surface area contributed by atoms with Crippen molar-refractivity contribution in [1.82, 2.24) is 0 Å². The van der Waals surface area contributed by atoms with Gasteiger partial charge in [-0.3, -0.25) is 0 Å². The lowest BCUT2D eigenvalue weighted by Crippen LogP contribution is -2.14. The van der Waals surface area contributed by atoms with Crippen LogP contribution in [-0.2, 0) is 14.4 Å². The minimum atomic E-state index is -4.22. The van der Waals surface area contributed by atoms with E-state index in [1.165, 1.54) is 0 Å². The molecule has 6 heteroatoms. The summed E-state index contributed by atoms with van der Waals surface area (Å²) in [5, 5.41) is 3.79. The van der Waals surface area contributed by atoms with Crippen LogP contribution in [0.1, 0.15) is 113 Å². The molecule has 1 atom stereocenters. The van der Waals surface area contributed by atoms with Crippen LogP contribution < -0.4 is 0 Å². The zero-order valence-electron chi connectivity index (χ0n) is 21.0. The quantitative estimate of drug-likeness (QED) is 0.165. The third kappa shape index (κ3) is 6.23. The van der Waals surface area contributed by atoms with Gasteiger partial charge in [0.15, 0.2) is 0 Å². The fourth-order valence-electron chi connectivity index (χ4n) is 3.63. The first kappa shape index (κ1) is 26.6. The van der Waals surface area contributed by atoms with Gasteiger partial charge in [0.25, 0.3) is 0 Å². The number of amidine groups is 1. The van der Waals surface area contributed by atoms with Gasteiger partial charge in [-0.25, -0.2) is 0 Å². The molecule has 0 aliphatic rings. The summed E-state index contributed by atoms with van der Waals surface area (Å²) >= 11 is 0. The van der Waals surface area contributed by atoms with Crippen molar-refractivity contribution in [1.29, 1.82) is 0 Å². The molecule has 2 rings (SSSR count). The minimum absolute atomic E-state index is 0.0213. The molecule has 0 amide bonds. The summed E-state index contributed by atoms with van der Waals surface area (Å²) in [5.41, 5.74) is 4.20. The number of rotatable bonds is 9. The summed E-state index contributed by atoms with van der Waals surface area (Å²) in [5.74, 6) is 0.536. The van der Waals surface area contributed by atoms with Crippen LogP contribution in [0.4, 0.5) is 0 Å². The van der Waals surface area contributed by atoms with Crippen molar-refractivity contribution >= 4 is 16.0 Å². The van der Waals surface area contributed by atoms with Gasteiger partial charge in [0, 0.05) is 5.56 Å². The summed E-state index contributed by atoms with van der Waals surface area (Å²) in [4.78, 5) is 3.58. The van der Waals surface area contributed by atoms with E-state index >= 15 is 0 Å². The maximum absolute atomic E-state index is 13.4. The Morgan fingerprint density at radius 2 is 1.42 bits per heavy atom. The number of hydrogen-bond donors (Lipinski definition) is 0. The number of oxime groups is 1. The van der Waals surface area contributed by atoms with Crippen LogP contribution in [0.3, 0.4) is 0 Å². The van der Waals surface area contributed by atoms with Crippen molar-refractivity contribution in [3.63, 3.8) is 0 Å². The maximum Gasteiger partial charge on any atom is 0.379 e. The van der Waals surface area contributed by atoms with E-state index in [2.05, 4.69) is 37.7 Å². The van der Waals surface area contributed by atoms with Gasteiger partial charge in [-0.1, -0.05) is 98.4 Å². The second kappa shape index (κ2) is 11.0. The molecular weight excluding hydrogens is 432 g/mol. The molecule has 0 spiro atoms. The topological polar surface area (TPSA) is 60.1 Å². The van der Waals surface area contributed by atoms with E-state index in [4.69, 9.17) is 10.9 Å². The number of benzene rings is 2. The van der Waals surface area contributed by atoms with E-state index in [0.717, 1.165) is 17.5 Å². The second-order valence-electron chi connectivity index (χ2n) is 9.48. The first-order chi connectivity index (χ1) is 15.4. The van der Waals surface area contributed by atoms with Gasteiger partial charge in [-0.2, -0.15) is 12.7 Å². The lowest BCUT2D eigenvalue weighted by Gasteiger charge is -2.21. The Morgan fingerprint density at radius 1 is 0.909 bits per heavy atom. The normalized spacial score (nSPS) is 13.5. The Kier molecular flexibility index (Phi) is 8.85. The monoisotopic (exact) mass is 468 g/mol. The Morgan fingerprint density at radius 3 is 1.82 bits per heavy atom. The Labute approximate surface area is 199 Å². The van der Waals surface area contributed by atoms with Crippen molar-refractivity contribution in [2.45, 2.75) is 90.4 Å². The zero-order valence-corrected chi connectivity index (χ0v) is 21.8. The summed E-state index contributed by atoms with van der Waals surface area (Å²) < 4.78 is 31.9. The minimum Gasteiger partial charge on any atom is -0.357 e. The average molecular weight is 469 g/mol. The lowest BCUT2D eigenvalue weighted by molar-refractivity contribution is 0.338. The highest BCUT2D eigenvalue weighted by Gasteiger charge is 2.30. The first-order valence-electron chi connectivity index (χ1n) is 11.6. The predicted molar refractivity (Wildman–Crippen MR) is 135 cm³/mol. The third-order valence-corrected chi connectivity index (χ3v) is 7.25. The number of nitrogens with zero attached hydrogens (tertiary/aromatic N) is 2. The standard InChI is InChI=1S/C27H36N2O3S/c1-10-20(8)21-11-13-22(14-12-21)27(28-9)29-32-33(30,31)26-24(18(4)5)15-23(17(2)3)16-25(26)19(6)7/h11-20H,10H2,1-8H3/b29-27-. The van der Waals surface area contributed by atoms with E-state index < -0.39 is 10.1 Å². The van der Waals surface area contributed by atoms with E-state index in [1.807, 2.05) is 52.0 Å². The Bertz CT molecular complexity index is 1110. The third-order valence-electron chi connectivity index (χ3n) is 6.01. The van der Waals surface area contributed by atoms with Crippen LogP contribution in [0.15, 0.2) is 46.4 Å². The van der Waals surface area contributed by atoms with Gasteiger partial charge in [-0.15, -0.1) is 0 Å². The van der Waals surface area contributed by atoms with E-state index in [-0.39, 0.29) is 28.5 Å². The van der Waals surface area contributed by atoms with Crippen molar-refractivity contribution in [2.24, 2.45) is 5.16 Å². The van der Waals surface area contributed by atoms with Crippen molar-refractivity contribution in [3.8, 4) is 0 Å². The molecule has 0 heterocycles. The highest BCUT2D eigenvalue weighted by atomic mass is 32.2. The van der Waals surface area contributed by atoms with E-state index in [1.54, 1.807) is 12.1 Å². The Balaban J connectivity index is 2.53. The highest BCUT2D eigenvalue weighted by Crippen LogP contribution is 2.36. The van der Waals surface area contributed by atoms with E-state index in [0.29, 0.717) is 22.6 Å².